The zero-order valence-electron chi connectivity index (χ0n) is 10.3. The topological polar surface area (TPSA) is 42.4 Å². The van der Waals surface area contributed by atoms with Crippen LogP contribution in [0.4, 0.5) is 13.2 Å². The van der Waals surface area contributed by atoms with E-state index in [9.17, 15) is 18.0 Å². The molecular formula is C12H13F3N2O2. The van der Waals surface area contributed by atoms with Crippen LogP contribution >= 0.6 is 0 Å². The number of rotatable bonds is 3. The molecule has 1 saturated heterocycles. The number of hydrogen-bond donors (Lipinski definition) is 0. The molecule has 2 heterocycles. The maximum atomic E-state index is 12.3. The SMILES string of the molecule is CN1CC(COc2ccc(C(F)(F)F)cn2)CC1=O. The number of carbonyl (C=O) groups is 1. The summed E-state index contributed by atoms with van der Waals surface area (Å²) in [5.74, 6) is 0.241. The van der Waals surface area contributed by atoms with Crippen molar-refractivity contribution < 1.29 is 22.7 Å². The second-order valence-corrected chi connectivity index (χ2v) is 4.54. The lowest BCUT2D eigenvalue weighted by molar-refractivity contribution is -0.137. The number of ether oxygens (including phenoxy) is 1. The maximum Gasteiger partial charge on any atom is 0.417 e. The Balaban J connectivity index is 1.89. The van der Waals surface area contributed by atoms with Gasteiger partial charge in [-0.1, -0.05) is 0 Å². The fourth-order valence-corrected chi connectivity index (χ4v) is 1.90. The Hall–Kier alpha value is -1.79. The van der Waals surface area contributed by atoms with Gasteiger partial charge in [0.2, 0.25) is 11.8 Å². The minimum atomic E-state index is -4.40. The lowest BCUT2D eigenvalue weighted by atomic mass is 10.1. The second kappa shape index (κ2) is 5.07. The molecule has 7 heteroatoms. The summed E-state index contributed by atoms with van der Waals surface area (Å²) in [6.45, 7) is 0.869. The van der Waals surface area contributed by atoms with Gasteiger partial charge in [0.25, 0.3) is 0 Å². The third kappa shape index (κ3) is 3.36. The van der Waals surface area contributed by atoms with Crippen LogP contribution in [0, 0.1) is 5.92 Å². The molecule has 0 radical (unpaired) electrons. The maximum absolute atomic E-state index is 12.3. The van der Waals surface area contributed by atoms with Gasteiger partial charge in [0, 0.05) is 38.2 Å². The number of likely N-dealkylation sites (tertiary alicyclic amines) is 1. The van der Waals surface area contributed by atoms with Gasteiger partial charge in [0.15, 0.2) is 0 Å². The van der Waals surface area contributed by atoms with Gasteiger partial charge < -0.3 is 9.64 Å². The van der Waals surface area contributed by atoms with Crippen LogP contribution < -0.4 is 4.74 Å². The van der Waals surface area contributed by atoms with Crippen molar-refractivity contribution >= 4 is 5.91 Å². The third-order valence-electron chi connectivity index (χ3n) is 2.95. The predicted octanol–water partition coefficient (Wildman–Crippen LogP) is 1.96. The van der Waals surface area contributed by atoms with E-state index in [2.05, 4.69) is 4.98 Å². The van der Waals surface area contributed by atoms with E-state index < -0.39 is 11.7 Å². The molecule has 1 amide bonds. The minimum absolute atomic E-state index is 0.0500. The molecule has 0 bridgehead atoms. The molecule has 0 saturated carbocycles. The first-order chi connectivity index (χ1) is 8.86. The van der Waals surface area contributed by atoms with E-state index >= 15 is 0 Å². The van der Waals surface area contributed by atoms with E-state index in [0.717, 1.165) is 12.3 Å². The van der Waals surface area contributed by atoms with Gasteiger partial charge in [-0.2, -0.15) is 13.2 Å². The summed E-state index contributed by atoms with van der Waals surface area (Å²) in [4.78, 5) is 16.5. The zero-order chi connectivity index (χ0) is 14.0. The predicted molar refractivity (Wildman–Crippen MR) is 60.5 cm³/mol. The van der Waals surface area contributed by atoms with Crippen LogP contribution in [0.3, 0.4) is 0 Å². The largest absolute Gasteiger partial charge is 0.477 e. The van der Waals surface area contributed by atoms with Gasteiger partial charge in [-0.05, 0) is 6.07 Å². The quantitative estimate of drug-likeness (QED) is 0.846. The van der Waals surface area contributed by atoms with Crippen molar-refractivity contribution in [3.63, 3.8) is 0 Å². The number of aromatic nitrogens is 1. The standard InChI is InChI=1S/C12H13F3N2O2/c1-17-6-8(4-11(17)18)7-19-10-3-2-9(5-16-10)12(13,14)15/h2-3,5,8H,4,6-7H2,1H3. The Morgan fingerprint density at radius 2 is 2.21 bits per heavy atom. The molecule has 1 aromatic rings. The number of amides is 1. The number of pyridine rings is 1. The van der Waals surface area contributed by atoms with Crippen molar-refractivity contribution in [3.05, 3.63) is 23.9 Å². The van der Waals surface area contributed by atoms with E-state index in [4.69, 9.17) is 4.74 Å². The molecule has 2 rings (SSSR count). The highest BCUT2D eigenvalue weighted by molar-refractivity contribution is 5.78. The Morgan fingerprint density at radius 1 is 1.47 bits per heavy atom. The van der Waals surface area contributed by atoms with Gasteiger partial charge in [0.1, 0.15) is 0 Å². The van der Waals surface area contributed by atoms with Crippen molar-refractivity contribution in [2.75, 3.05) is 20.2 Å². The molecule has 0 aliphatic carbocycles. The smallest absolute Gasteiger partial charge is 0.417 e. The van der Waals surface area contributed by atoms with Gasteiger partial charge in [0.05, 0.1) is 12.2 Å². The van der Waals surface area contributed by atoms with Crippen LogP contribution in [0.15, 0.2) is 18.3 Å². The summed E-state index contributed by atoms with van der Waals surface area (Å²) in [6.07, 6.45) is -3.26. The van der Waals surface area contributed by atoms with Crippen LogP contribution in [-0.4, -0.2) is 36.0 Å². The Bertz CT molecular complexity index is 459. The first-order valence-electron chi connectivity index (χ1n) is 5.76. The molecule has 104 valence electrons. The molecule has 0 N–H and O–H groups in total. The number of alkyl halides is 3. The molecule has 1 atom stereocenters. The van der Waals surface area contributed by atoms with E-state index in [1.54, 1.807) is 11.9 Å². The molecule has 1 aliphatic heterocycles. The first kappa shape index (κ1) is 13.6. The fraction of sp³-hybridized carbons (Fsp3) is 0.500. The Kier molecular flexibility index (Phi) is 3.64. The Labute approximate surface area is 108 Å². The second-order valence-electron chi connectivity index (χ2n) is 4.54. The molecule has 1 unspecified atom stereocenters. The lowest BCUT2D eigenvalue weighted by Gasteiger charge is -2.12. The first-order valence-corrected chi connectivity index (χ1v) is 5.76. The van der Waals surface area contributed by atoms with E-state index in [0.29, 0.717) is 13.0 Å². The number of carbonyl (C=O) groups excluding carboxylic acids is 1. The lowest BCUT2D eigenvalue weighted by Crippen LogP contribution is -2.20. The molecule has 19 heavy (non-hydrogen) atoms. The minimum Gasteiger partial charge on any atom is -0.477 e. The van der Waals surface area contributed by atoms with Crippen molar-refractivity contribution in [1.29, 1.82) is 0 Å². The monoisotopic (exact) mass is 274 g/mol. The molecule has 4 nitrogen and oxygen atoms in total. The molecule has 0 spiro atoms. The summed E-state index contributed by atoms with van der Waals surface area (Å²) in [6, 6.07) is 2.11. The van der Waals surface area contributed by atoms with Crippen LogP contribution in [0.2, 0.25) is 0 Å². The number of halogens is 3. The average molecular weight is 274 g/mol. The normalized spacial score (nSPS) is 19.9. The van der Waals surface area contributed by atoms with Crippen molar-refractivity contribution in [2.45, 2.75) is 12.6 Å². The van der Waals surface area contributed by atoms with Gasteiger partial charge in [-0.3, -0.25) is 4.79 Å². The summed E-state index contributed by atoms with van der Waals surface area (Å²) in [5.41, 5.74) is -0.810. The highest BCUT2D eigenvalue weighted by atomic mass is 19.4. The van der Waals surface area contributed by atoms with Crippen LogP contribution in [0.5, 0.6) is 5.88 Å². The zero-order valence-corrected chi connectivity index (χ0v) is 10.3. The molecule has 0 aromatic carbocycles. The van der Waals surface area contributed by atoms with Gasteiger partial charge in [-0.25, -0.2) is 4.98 Å². The van der Waals surface area contributed by atoms with Crippen molar-refractivity contribution in [2.24, 2.45) is 5.92 Å². The fourth-order valence-electron chi connectivity index (χ4n) is 1.90. The van der Waals surface area contributed by atoms with Gasteiger partial charge in [-0.15, -0.1) is 0 Å². The van der Waals surface area contributed by atoms with Gasteiger partial charge >= 0.3 is 6.18 Å². The van der Waals surface area contributed by atoms with Crippen LogP contribution in [0.1, 0.15) is 12.0 Å². The van der Waals surface area contributed by atoms with Crippen molar-refractivity contribution in [1.82, 2.24) is 9.88 Å². The van der Waals surface area contributed by atoms with Crippen molar-refractivity contribution in [3.8, 4) is 5.88 Å². The summed E-state index contributed by atoms with van der Waals surface area (Å²) < 4.78 is 42.2. The molecule has 1 fully saturated rings. The third-order valence-corrected chi connectivity index (χ3v) is 2.95. The highest BCUT2D eigenvalue weighted by Crippen LogP contribution is 2.29. The summed E-state index contributed by atoms with van der Waals surface area (Å²) in [5, 5.41) is 0. The van der Waals surface area contributed by atoms with Crippen LogP contribution in [-0.2, 0) is 11.0 Å². The summed E-state index contributed by atoms with van der Waals surface area (Å²) in [7, 11) is 1.71. The highest BCUT2D eigenvalue weighted by Gasteiger charge is 2.31. The number of nitrogens with zero attached hydrogens (tertiary/aromatic N) is 2. The molecule has 1 aliphatic rings. The van der Waals surface area contributed by atoms with E-state index in [1.165, 1.54) is 6.07 Å². The number of hydrogen-bond acceptors (Lipinski definition) is 3. The Morgan fingerprint density at radius 3 is 2.68 bits per heavy atom. The summed E-state index contributed by atoms with van der Waals surface area (Å²) >= 11 is 0. The van der Waals surface area contributed by atoms with E-state index in [-0.39, 0.29) is 24.3 Å². The van der Waals surface area contributed by atoms with Crippen LogP contribution in [0.25, 0.3) is 0 Å². The molecular weight excluding hydrogens is 261 g/mol. The molecule has 1 aromatic heterocycles. The average Bonchev–Trinajstić information content (AvgIpc) is 2.66. The van der Waals surface area contributed by atoms with E-state index in [1.807, 2.05) is 0 Å².